The van der Waals surface area contributed by atoms with Gasteiger partial charge in [0.15, 0.2) is 0 Å². The number of aryl methyl sites for hydroxylation is 2. The van der Waals surface area contributed by atoms with Crippen molar-refractivity contribution in [3.8, 4) is 0 Å². The fourth-order valence-corrected chi connectivity index (χ4v) is 3.22. The van der Waals surface area contributed by atoms with Crippen LogP contribution in [0.4, 0.5) is 9.59 Å². The summed E-state index contributed by atoms with van der Waals surface area (Å²) in [4.78, 5) is 25.5. The molecule has 2 aromatic rings. The minimum atomic E-state index is -0.207. The molecule has 0 aliphatic rings. The molecule has 0 unspecified atom stereocenters. The predicted octanol–water partition coefficient (Wildman–Crippen LogP) is 5.08. The summed E-state index contributed by atoms with van der Waals surface area (Å²) in [6.45, 7) is 3.91. The van der Waals surface area contributed by atoms with E-state index < -0.39 is 0 Å². The molecule has 0 aliphatic carbocycles. The highest BCUT2D eigenvalue weighted by Gasteiger charge is 2.06. The maximum Gasteiger partial charge on any atom is 0.287 e. The number of carbonyl (C=O) groups excluding carboxylic acids is 2. The average molecular weight is 358 g/mol. The van der Waals surface area contributed by atoms with Gasteiger partial charge in [-0.3, -0.25) is 9.59 Å². The SMILES string of the molecule is Cc1ccccc1SC(=O)NC=CNC(=O)Sc1ccccc1C. The zero-order chi connectivity index (χ0) is 17.4. The van der Waals surface area contributed by atoms with Gasteiger partial charge < -0.3 is 10.6 Å². The number of hydrogen-bond donors (Lipinski definition) is 2. The van der Waals surface area contributed by atoms with Crippen molar-refractivity contribution in [3.63, 3.8) is 0 Å². The monoisotopic (exact) mass is 358 g/mol. The molecule has 2 aromatic carbocycles. The van der Waals surface area contributed by atoms with Crippen molar-refractivity contribution in [3.05, 3.63) is 72.1 Å². The molecule has 0 saturated heterocycles. The summed E-state index contributed by atoms with van der Waals surface area (Å²) < 4.78 is 0. The van der Waals surface area contributed by atoms with E-state index in [0.717, 1.165) is 44.4 Å². The molecule has 0 bridgehead atoms. The normalized spacial score (nSPS) is 10.6. The Hall–Kier alpha value is -2.18. The molecule has 0 saturated carbocycles. The first-order valence-corrected chi connectivity index (χ1v) is 8.92. The van der Waals surface area contributed by atoms with Crippen LogP contribution in [0.5, 0.6) is 0 Å². The van der Waals surface area contributed by atoms with Crippen LogP contribution in [0.2, 0.25) is 0 Å². The first-order valence-electron chi connectivity index (χ1n) is 7.29. The van der Waals surface area contributed by atoms with E-state index in [9.17, 15) is 9.59 Å². The molecule has 24 heavy (non-hydrogen) atoms. The smallest absolute Gasteiger partial charge is 0.287 e. The van der Waals surface area contributed by atoms with E-state index in [0.29, 0.717) is 0 Å². The minimum absolute atomic E-state index is 0.207. The summed E-state index contributed by atoms with van der Waals surface area (Å²) in [7, 11) is 0. The maximum absolute atomic E-state index is 11.8. The molecule has 0 aliphatic heterocycles. The fourth-order valence-electron chi connectivity index (χ4n) is 1.82. The van der Waals surface area contributed by atoms with E-state index in [1.807, 2.05) is 62.4 Å². The molecule has 2 N–H and O–H groups in total. The number of hydrogen-bond acceptors (Lipinski definition) is 4. The molecule has 0 aromatic heterocycles. The van der Waals surface area contributed by atoms with Crippen LogP contribution in [0.15, 0.2) is 70.7 Å². The minimum Gasteiger partial charge on any atom is -0.322 e. The highest BCUT2D eigenvalue weighted by molar-refractivity contribution is 8.13. The first kappa shape index (κ1) is 18.2. The molecule has 0 atom stereocenters. The van der Waals surface area contributed by atoms with Crippen molar-refractivity contribution in [2.45, 2.75) is 23.6 Å². The lowest BCUT2D eigenvalue weighted by atomic mass is 10.2. The molecule has 124 valence electrons. The number of nitrogens with one attached hydrogen (secondary N) is 2. The van der Waals surface area contributed by atoms with Gasteiger partial charge in [-0.1, -0.05) is 36.4 Å². The van der Waals surface area contributed by atoms with Crippen molar-refractivity contribution in [1.82, 2.24) is 10.6 Å². The Morgan fingerprint density at radius 2 is 1.12 bits per heavy atom. The number of amides is 2. The third-order valence-corrected chi connectivity index (χ3v) is 5.04. The van der Waals surface area contributed by atoms with Gasteiger partial charge in [-0.25, -0.2) is 0 Å². The Balaban J connectivity index is 1.76. The molecule has 0 fully saturated rings. The lowest BCUT2D eigenvalue weighted by Gasteiger charge is -2.04. The third kappa shape index (κ3) is 5.79. The van der Waals surface area contributed by atoms with Crippen LogP contribution >= 0.6 is 23.5 Å². The van der Waals surface area contributed by atoms with E-state index in [2.05, 4.69) is 10.6 Å². The second-order valence-corrected chi connectivity index (χ2v) is 6.96. The van der Waals surface area contributed by atoms with Gasteiger partial charge in [0, 0.05) is 22.2 Å². The Morgan fingerprint density at radius 1 is 0.750 bits per heavy atom. The predicted molar refractivity (Wildman–Crippen MR) is 100 cm³/mol. The van der Waals surface area contributed by atoms with Crippen LogP contribution in [0.1, 0.15) is 11.1 Å². The Kier molecular flexibility index (Phi) is 6.96. The number of carbonyl (C=O) groups is 2. The third-order valence-electron chi connectivity index (χ3n) is 3.08. The van der Waals surface area contributed by atoms with Crippen LogP contribution in [-0.4, -0.2) is 10.5 Å². The zero-order valence-corrected chi connectivity index (χ0v) is 15.0. The number of benzene rings is 2. The van der Waals surface area contributed by atoms with Gasteiger partial charge in [-0.05, 0) is 60.6 Å². The summed E-state index contributed by atoms with van der Waals surface area (Å²) >= 11 is 2.23. The molecule has 0 radical (unpaired) electrons. The largest absolute Gasteiger partial charge is 0.322 e. The first-order chi connectivity index (χ1) is 11.6. The molecular formula is C18H18N2O2S2. The van der Waals surface area contributed by atoms with E-state index >= 15 is 0 Å². The van der Waals surface area contributed by atoms with Crippen molar-refractivity contribution in [2.24, 2.45) is 0 Å². The second kappa shape index (κ2) is 9.20. The molecule has 4 nitrogen and oxygen atoms in total. The lowest BCUT2D eigenvalue weighted by Crippen LogP contribution is -2.15. The molecule has 0 heterocycles. The lowest BCUT2D eigenvalue weighted by molar-refractivity contribution is 0.261. The Labute approximate surface area is 150 Å². The summed E-state index contributed by atoms with van der Waals surface area (Å²) in [5.74, 6) is 0. The van der Waals surface area contributed by atoms with Gasteiger partial charge in [0.1, 0.15) is 0 Å². The number of thioether (sulfide) groups is 2. The van der Waals surface area contributed by atoms with Gasteiger partial charge in [-0.2, -0.15) is 0 Å². The second-order valence-electron chi connectivity index (χ2n) is 4.93. The van der Waals surface area contributed by atoms with Crippen molar-refractivity contribution in [2.75, 3.05) is 0 Å². The van der Waals surface area contributed by atoms with E-state index in [1.165, 1.54) is 12.4 Å². The van der Waals surface area contributed by atoms with Crippen LogP contribution in [0.25, 0.3) is 0 Å². The van der Waals surface area contributed by atoms with Crippen LogP contribution < -0.4 is 10.6 Å². The van der Waals surface area contributed by atoms with Crippen LogP contribution in [0.3, 0.4) is 0 Å². The fraction of sp³-hybridized carbons (Fsp3) is 0.111. The highest BCUT2D eigenvalue weighted by Crippen LogP contribution is 2.23. The molecular weight excluding hydrogens is 340 g/mol. The van der Waals surface area contributed by atoms with Crippen molar-refractivity contribution in [1.29, 1.82) is 0 Å². The highest BCUT2D eigenvalue weighted by atomic mass is 32.2. The summed E-state index contributed by atoms with van der Waals surface area (Å²) in [6.07, 6.45) is 2.84. The van der Waals surface area contributed by atoms with Gasteiger partial charge in [0.2, 0.25) is 0 Å². The standard InChI is InChI=1S/C18H18N2O2S2/c1-13-7-3-5-9-15(13)23-17(21)19-11-12-20-18(22)24-16-10-6-4-8-14(16)2/h3-12H,1-2H3,(H,19,21)(H,20,22). The summed E-state index contributed by atoms with van der Waals surface area (Å²) in [5, 5.41) is 4.80. The Morgan fingerprint density at radius 3 is 1.50 bits per heavy atom. The van der Waals surface area contributed by atoms with Crippen LogP contribution in [0, 0.1) is 13.8 Å². The summed E-state index contributed by atoms with van der Waals surface area (Å²) in [6, 6.07) is 15.3. The maximum atomic E-state index is 11.8. The van der Waals surface area contributed by atoms with Crippen molar-refractivity contribution < 1.29 is 9.59 Å². The zero-order valence-electron chi connectivity index (χ0n) is 13.4. The van der Waals surface area contributed by atoms with Gasteiger partial charge >= 0.3 is 0 Å². The molecule has 2 amide bonds. The van der Waals surface area contributed by atoms with Crippen molar-refractivity contribution >= 4 is 34.0 Å². The van der Waals surface area contributed by atoms with E-state index in [1.54, 1.807) is 0 Å². The quantitative estimate of drug-likeness (QED) is 0.749. The topological polar surface area (TPSA) is 58.2 Å². The van der Waals surface area contributed by atoms with Gasteiger partial charge in [-0.15, -0.1) is 0 Å². The van der Waals surface area contributed by atoms with Gasteiger partial charge in [0.05, 0.1) is 0 Å². The van der Waals surface area contributed by atoms with Crippen LogP contribution in [-0.2, 0) is 0 Å². The number of rotatable bonds is 4. The van der Waals surface area contributed by atoms with Gasteiger partial charge in [0.25, 0.3) is 10.5 Å². The molecule has 2 rings (SSSR count). The van der Waals surface area contributed by atoms with E-state index in [-0.39, 0.29) is 10.5 Å². The Bertz CT molecular complexity index is 697. The molecule has 0 spiro atoms. The molecule has 6 heteroatoms. The summed E-state index contributed by atoms with van der Waals surface area (Å²) in [5.41, 5.74) is 2.09. The van der Waals surface area contributed by atoms with E-state index in [4.69, 9.17) is 0 Å². The average Bonchev–Trinajstić information content (AvgIpc) is 2.56.